The van der Waals surface area contributed by atoms with E-state index in [0.29, 0.717) is 6.61 Å². The van der Waals surface area contributed by atoms with Crippen LogP contribution in [0.2, 0.25) is 6.82 Å². The summed E-state index contributed by atoms with van der Waals surface area (Å²) in [6.45, 7) is 4.41. The van der Waals surface area contributed by atoms with Gasteiger partial charge in [0.2, 0.25) is 5.91 Å². The first-order valence-electron chi connectivity index (χ1n) is 5.08. The Balaban J connectivity index is 2.37. The molecule has 78 valence electrons. The summed E-state index contributed by atoms with van der Waals surface area (Å²) >= 11 is 0. The molecule has 1 heterocycles. The standard InChI is InChI=1S/C11H14BNO2/c1-8(14)13(3)10-5-4-9-7-15-12(2)11(9)6-10/h4-6H,7H2,1-3H3. The Morgan fingerprint density at radius 3 is 2.93 bits per heavy atom. The number of rotatable bonds is 1. The average Bonchev–Trinajstić information content (AvgIpc) is 2.59. The third kappa shape index (κ3) is 1.77. The lowest BCUT2D eigenvalue weighted by Gasteiger charge is -2.16. The van der Waals surface area contributed by atoms with Gasteiger partial charge in [-0.05, 0) is 23.2 Å². The molecule has 4 heteroatoms. The molecule has 0 bridgehead atoms. The molecule has 1 amide bonds. The van der Waals surface area contributed by atoms with Crippen molar-refractivity contribution in [1.29, 1.82) is 0 Å². The molecule has 0 aromatic heterocycles. The van der Waals surface area contributed by atoms with E-state index in [2.05, 4.69) is 0 Å². The number of benzene rings is 1. The fourth-order valence-electron chi connectivity index (χ4n) is 1.79. The maximum Gasteiger partial charge on any atom is 0.324 e. The van der Waals surface area contributed by atoms with Gasteiger partial charge in [0.05, 0.1) is 6.61 Å². The van der Waals surface area contributed by atoms with Crippen molar-refractivity contribution in [2.45, 2.75) is 20.4 Å². The fraction of sp³-hybridized carbons (Fsp3) is 0.364. The highest BCUT2D eigenvalue weighted by Gasteiger charge is 2.23. The maximum atomic E-state index is 11.2. The smallest absolute Gasteiger partial charge is 0.324 e. The minimum atomic E-state index is 0.0431. The zero-order valence-electron chi connectivity index (χ0n) is 9.28. The molecule has 0 fully saturated rings. The van der Waals surface area contributed by atoms with Crippen LogP contribution in [0.4, 0.5) is 5.69 Å². The van der Waals surface area contributed by atoms with Crippen LogP contribution >= 0.6 is 0 Å². The van der Waals surface area contributed by atoms with E-state index in [4.69, 9.17) is 4.65 Å². The molecular weight excluding hydrogens is 189 g/mol. The van der Waals surface area contributed by atoms with Crippen molar-refractivity contribution in [2.75, 3.05) is 11.9 Å². The normalized spacial score (nSPS) is 13.9. The predicted octanol–water partition coefficient (Wildman–Crippen LogP) is 1.03. The van der Waals surface area contributed by atoms with Crippen LogP contribution < -0.4 is 10.4 Å². The first-order chi connectivity index (χ1) is 7.09. The Morgan fingerprint density at radius 2 is 2.27 bits per heavy atom. The maximum absolute atomic E-state index is 11.2. The van der Waals surface area contributed by atoms with Gasteiger partial charge in [-0.1, -0.05) is 12.9 Å². The molecule has 0 saturated carbocycles. The predicted molar refractivity (Wildman–Crippen MR) is 61.6 cm³/mol. The highest BCUT2D eigenvalue weighted by atomic mass is 16.4. The highest BCUT2D eigenvalue weighted by molar-refractivity contribution is 6.67. The summed E-state index contributed by atoms with van der Waals surface area (Å²) in [5.41, 5.74) is 3.35. The van der Waals surface area contributed by atoms with Crippen LogP contribution in [0.25, 0.3) is 0 Å². The van der Waals surface area contributed by atoms with Gasteiger partial charge >= 0.3 is 6.92 Å². The summed E-state index contributed by atoms with van der Waals surface area (Å²) in [6.07, 6.45) is 0. The minimum Gasteiger partial charge on any atom is -0.427 e. The lowest BCUT2D eigenvalue weighted by atomic mass is 9.64. The van der Waals surface area contributed by atoms with Gasteiger partial charge in [-0.15, -0.1) is 0 Å². The van der Waals surface area contributed by atoms with E-state index in [-0.39, 0.29) is 12.8 Å². The first kappa shape index (κ1) is 10.2. The Kier molecular flexibility index (Phi) is 2.53. The minimum absolute atomic E-state index is 0.0431. The Morgan fingerprint density at radius 1 is 1.53 bits per heavy atom. The summed E-state index contributed by atoms with van der Waals surface area (Å²) in [6, 6.07) is 6.03. The summed E-state index contributed by atoms with van der Waals surface area (Å²) in [4.78, 5) is 12.9. The molecule has 0 N–H and O–H groups in total. The van der Waals surface area contributed by atoms with Crippen LogP contribution in [0.5, 0.6) is 0 Å². The summed E-state index contributed by atoms with van der Waals surface area (Å²) in [7, 11) is 1.78. The molecule has 15 heavy (non-hydrogen) atoms. The van der Waals surface area contributed by atoms with Gasteiger partial charge in [0.15, 0.2) is 0 Å². The number of fused-ring (bicyclic) bond motifs is 1. The molecule has 0 unspecified atom stereocenters. The van der Waals surface area contributed by atoms with E-state index in [1.54, 1.807) is 18.9 Å². The molecular formula is C11H14BNO2. The Hall–Kier alpha value is -1.29. The molecule has 0 aliphatic carbocycles. The van der Waals surface area contributed by atoms with Crippen LogP contribution in [0.15, 0.2) is 18.2 Å². The lowest BCUT2D eigenvalue weighted by Crippen LogP contribution is -2.28. The van der Waals surface area contributed by atoms with Gasteiger partial charge in [-0.3, -0.25) is 4.79 Å². The molecule has 0 atom stereocenters. The zero-order chi connectivity index (χ0) is 11.0. The molecule has 0 radical (unpaired) electrons. The molecule has 0 spiro atoms. The number of hydrogen-bond acceptors (Lipinski definition) is 2. The van der Waals surface area contributed by atoms with Crippen LogP contribution in [0.3, 0.4) is 0 Å². The number of amides is 1. The van der Waals surface area contributed by atoms with Crippen molar-refractivity contribution in [2.24, 2.45) is 0 Å². The van der Waals surface area contributed by atoms with Crippen molar-refractivity contribution in [3.8, 4) is 0 Å². The molecule has 1 aromatic rings. The molecule has 1 aromatic carbocycles. The Bertz CT molecular complexity index is 406. The molecule has 1 aliphatic rings. The van der Waals surface area contributed by atoms with Crippen LogP contribution in [0.1, 0.15) is 12.5 Å². The second-order valence-corrected chi connectivity index (χ2v) is 3.91. The number of hydrogen-bond donors (Lipinski definition) is 0. The number of carbonyl (C=O) groups is 1. The lowest BCUT2D eigenvalue weighted by molar-refractivity contribution is -0.116. The molecule has 3 nitrogen and oxygen atoms in total. The van der Waals surface area contributed by atoms with E-state index in [9.17, 15) is 4.79 Å². The number of anilines is 1. The SMILES string of the molecule is CB1OCc2ccc(N(C)C(C)=O)cc21. The van der Waals surface area contributed by atoms with Crippen LogP contribution in [-0.2, 0) is 16.1 Å². The summed E-state index contributed by atoms with van der Waals surface area (Å²) in [5, 5.41) is 0. The van der Waals surface area contributed by atoms with Gasteiger partial charge in [-0.25, -0.2) is 0 Å². The quantitative estimate of drug-likeness (QED) is 0.638. The van der Waals surface area contributed by atoms with Crippen molar-refractivity contribution >= 4 is 24.0 Å². The van der Waals surface area contributed by atoms with Crippen molar-refractivity contribution in [1.82, 2.24) is 0 Å². The van der Waals surface area contributed by atoms with Gasteiger partial charge in [0.1, 0.15) is 0 Å². The van der Waals surface area contributed by atoms with Crippen LogP contribution in [-0.4, -0.2) is 19.9 Å². The van der Waals surface area contributed by atoms with Crippen LogP contribution in [0, 0.1) is 0 Å². The average molecular weight is 203 g/mol. The zero-order valence-corrected chi connectivity index (χ0v) is 9.28. The van der Waals surface area contributed by atoms with E-state index >= 15 is 0 Å². The van der Waals surface area contributed by atoms with Gasteiger partial charge in [0, 0.05) is 19.7 Å². The summed E-state index contributed by atoms with van der Waals surface area (Å²) < 4.78 is 5.52. The third-order valence-electron chi connectivity index (χ3n) is 2.92. The Labute approximate surface area is 90.1 Å². The molecule has 1 aliphatic heterocycles. The summed E-state index contributed by atoms with van der Waals surface area (Å²) in [5.74, 6) is 0.0431. The second-order valence-electron chi connectivity index (χ2n) is 3.91. The van der Waals surface area contributed by atoms with E-state index in [0.717, 1.165) is 5.69 Å². The molecule has 0 saturated heterocycles. The van der Waals surface area contributed by atoms with Gasteiger partial charge < -0.3 is 9.55 Å². The van der Waals surface area contributed by atoms with E-state index < -0.39 is 0 Å². The van der Waals surface area contributed by atoms with E-state index in [1.807, 2.05) is 25.0 Å². The van der Waals surface area contributed by atoms with Crippen molar-refractivity contribution in [3.05, 3.63) is 23.8 Å². The third-order valence-corrected chi connectivity index (χ3v) is 2.92. The number of nitrogens with zero attached hydrogens (tertiary/aromatic N) is 1. The van der Waals surface area contributed by atoms with E-state index in [1.165, 1.54) is 11.0 Å². The van der Waals surface area contributed by atoms with Gasteiger partial charge in [-0.2, -0.15) is 0 Å². The number of carbonyl (C=O) groups excluding carboxylic acids is 1. The topological polar surface area (TPSA) is 29.5 Å². The fourth-order valence-corrected chi connectivity index (χ4v) is 1.79. The monoisotopic (exact) mass is 203 g/mol. The van der Waals surface area contributed by atoms with Crippen molar-refractivity contribution < 1.29 is 9.45 Å². The molecule has 2 rings (SSSR count). The van der Waals surface area contributed by atoms with Crippen molar-refractivity contribution in [3.63, 3.8) is 0 Å². The largest absolute Gasteiger partial charge is 0.427 e. The highest BCUT2D eigenvalue weighted by Crippen LogP contribution is 2.17. The first-order valence-corrected chi connectivity index (χ1v) is 5.08. The second kappa shape index (κ2) is 3.70. The van der Waals surface area contributed by atoms with Gasteiger partial charge in [0.25, 0.3) is 0 Å².